The van der Waals surface area contributed by atoms with Crippen molar-refractivity contribution in [2.75, 3.05) is 24.6 Å². The highest BCUT2D eigenvalue weighted by Gasteiger charge is 2.21. The van der Waals surface area contributed by atoms with E-state index in [1.165, 1.54) is 6.07 Å². The summed E-state index contributed by atoms with van der Waals surface area (Å²) in [6.07, 6.45) is 1.57. The molecule has 1 amide bonds. The minimum Gasteiger partial charge on any atom is -0.483 e. The molecule has 5 nitrogen and oxygen atoms in total. The number of thioether (sulfide) groups is 1. The molecule has 132 valence electrons. The number of aryl methyl sites for hydroxylation is 1. The van der Waals surface area contributed by atoms with Crippen LogP contribution in [-0.4, -0.2) is 40.0 Å². The van der Waals surface area contributed by atoms with Gasteiger partial charge in [-0.05, 0) is 17.7 Å². The second kappa shape index (κ2) is 7.97. The molecule has 0 atom stereocenters. The molecule has 0 saturated carbocycles. The summed E-state index contributed by atoms with van der Waals surface area (Å²) in [5.74, 6) is 1.97. The maximum atomic E-state index is 12.6. The molecule has 7 heteroatoms. The lowest BCUT2D eigenvalue weighted by molar-refractivity contribution is 0.0761. The Balaban J connectivity index is 1.75. The van der Waals surface area contributed by atoms with Crippen molar-refractivity contribution in [1.29, 1.82) is 0 Å². The predicted molar refractivity (Wildman–Crippen MR) is 101 cm³/mol. The van der Waals surface area contributed by atoms with Crippen LogP contribution in [0.15, 0.2) is 41.3 Å². The zero-order valence-electron chi connectivity index (χ0n) is 13.9. The average molecular weight is 379 g/mol. The Hall–Kier alpha value is -1.92. The van der Waals surface area contributed by atoms with Gasteiger partial charge in [0.1, 0.15) is 12.3 Å². The van der Waals surface area contributed by atoms with E-state index >= 15 is 0 Å². The fourth-order valence-corrected chi connectivity index (χ4v) is 3.76. The van der Waals surface area contributed by atoms with Crippen molar-refractivity contribution in [3.8, 4) is 5.75 Å². The van der Waals surface area contributed by atoms with Gasteiger partial charge in [0.15, 0.2) is 5.75 Å². The van der Waals surface area contributed by atoms with Gasteiger partial charge in [0.25, 0.3) is 5.91 Å². The Bertz CT molecular complexity index is 831. The van der Waals surface area contributed by atoms with Crippen LogP contribution in [0, 0.1) is 0 Å². The zero-order chi connectivity index (χ0) is 17.8. The molecule has 0 unspecified atom stereocenters. The van der Waals surface area contributed by atoms with Crippen LogP contribution < -0.4 is 10.2 Å². The molecule has 0 bridgehead atoms. The Morgan fingerprint density at radius 3 is 2.76 bits per heavy atom. The third kappa shape index (κ3) is 4.38. The number of hydrogen-bond acceptors (Lipinski definition) is 4. The lowest BCUT2D eigenvalue weighted by Crippen LogP contribution is -2.39. The topological polar surface area (TPSA) is 51.5 Å². The molecule has 0 N–H and O–H groups in total. The van der Waals surface area contributed by atoms with Gasteiger partial charge in [-0.3, -0.25) is 9.59 Å². The molecule has 2 aromatic rings. The van der Waals surface area contributed by atoms with Crippen LogP contribution in [0.2, 0.25) is 5.02 Å². The van der Waals surface area contributed by atoms with E-state index in [0.29, 0.717) is 23.8 Å². The third-order valence-electron chi connectivity index (χ3n) is 4.00. The first-order valence-electron chi connectivity index (χ1n) is 7.99. The second-order valence-corrected chi connectivity index (χ2v) is 7.48. The molecule has 25 heavy (non-hydrogen) atoms. The largest absolute Gasteiger partial charge is 0.483 e. The van der Waals surface area contributed by atoms with Gasteiger partial charge in [-0.1, -0.05) is 23.7 Å². The number of carbonyl (C=O) groups is 1. The van der Waals surface area contributed by atoms with Gasteiger partial charge in [0.2, 0.25) is 5.43 Å². The van der Waals surface area contributed by atoms with E-state index in [0.717, 1.165) is 17.1 Å². The fraction of sp³-hybridized carbons (Fsp3) is 0.333. The predicted octanol–water partition coefficient (Wildman–Crippen LogP) is 2.81. The Morgan fingerprint density at radius 1 is 1.28 bits per heavy atom. The number of hydrogen-bond donors (Lipinski definition) is 0. The summed E-state index contributed by atoms with van der Waals surface area (Å²) in [7, 11) is 1.75. The Morgan fingerprint density at radius 2 is 2.04 bits per heavy atom. The number of rotatable bonds is 4. The van der Waals surface area contributed by atoms with Crippen molar-refractivity contribution < 1.29 is 9.53 Å². The summed E-state index contributed by atoms with van der Waals surface area (Å²) in [4.78, 5) is 26.7. The first-order chi connectivity index (χ1) is 12.0. The Labute approximate surface area is 155 Å². The lowest BCUT2D eigenvalue weighted by Gasteiger charge is -2.27. The molecule has 1 aliphatic heterocycles. The number of benzene rings is 1. The van der Waals surface area contributed by atoms with E-state index in [4.69, 9.17) is 16.3 Å². The quantitative estimate of drug-likeness (QED) is 0.821. The van der Waals surface area contributed by atoms with E-state index in [1.807, 2.05) is 23.9 Å². The molecule has 0 aliphatic carbocycles. The summed E-state index contributed by atoms with van der Waals surface area (Å²) in [6.45, 7) is 1.67. The van der Waals surface area contributed by atoms with Crippen LogP contribution in [-0.2, 0) is 13.7 Å². The summed E-state index contributed by atoms with van der Waals surface area (Å²) >= 11 is 7.78. The number of carbonyl (C=O) groups excluding carboxylic acids is 1. The highest BCUT2D eigenvalue weighted by Crippen LogP contribution is 2.15. The smallest absolute Gasteiger partial charge is 0.270 e. The van der Waals surface area contributed by atoms with Gasteiger partial charge in [0.05, 0.1) is 6.20 Å². The molecule has 1 aliphatic rings. The van der Waals surface area contributed by atoms with Gasteiger partial charge >= 0.3 is 0 Å². The minimum atomic E-state index is -0.296. The van der Waals surface area contributed by atoms with Gasteiger partial charge in [-0.2, -0.15) is 11.8 Å². The number of amides is 1. The van der Waals surface area contributed by atoms with Gasteiger partial charge in [-0.25, -0.2) is 0 Å². The van der Waals surface area contributed by atoms with E-state index < -0.39 is 0 Å². The van der Waals surface area contributed by atoms with Crippen molar-refractivity contribution in [2.45, 2.75) is 6.61 Å². The fourth-order valence-electron chi connectivity index (χ4n) is 2.64. The van der Waals surface area contributed by atoms with Crippen LogP contribution in [0.3, 0.4) is 0 Å². The average Bonchev–Trinajstić information content (AvgIpc) is 2.62. The van der Waals surface area contributed by atoms with Gasteiger partial charge in [0, 0.05) is 42.7 Å². The molecular weight excluding hydrogens is 360 g/mol. The SMILES string of the molecule is Cn1cc(OCc2cccc(Cl)c2)c(=O)cc1C(=O)N1CCSCC1. The summed E-state index contributed by atoms with van der Waals surface area (Å²) < 4.78 is 7.27. The summed E-state index contributed by atoms with van der Waals surface area (Å²) in [5, 5.41) is 0.620. The molecule has 3 rings (SSSR count). The maximum Gasteiger partial charge on any atom is 0.270 e. The molecule has 1 aromatic heterocycles. The van der Waals surface area contributed by atoms with E-state index in [-0.39, 0.29) is 23.7 Å². The molecule has 1 saturated heterocycles. The van der Waals surface area contributed by atoms with Crippen LogP contribution in [0.5, 0.6) is 5.75 Å². The first kappa shape index (κ1) is 17.9. The van der Waals surface area contributed by atoms with E-state index in [2.05, 4.69) is 0 Å². The monoisotopic (exact) mass is 378 g/mol. The van der Waals surface area contributed by atoms with E-state index in [9.17, 15) is 9.59 Å². The minimum absolute atomic E-state index is 0.110. The number of nitrogens with zero attached hydrogens (tertiary/aromatic N) is 2. The number of pyridine rings is 1. The van der Waals surface area contributed by atoms with Crippen LogP contribution >= 0.6 is 23.4 Å². The molecule has 0 radical (unpaired) electrons. The number of aromatic nitrogens is 1. The van der Waals surface area contributed by atoms with Crippen molar-refractivity contribution in [1.82, 2.24) is 9.47 Å². The first-order valence-corrected chi connectivity index (χ1v) is 9.53. The summed E-state index contributed by atoms with van der Waals surface area (Å²) in [5.41, 5.74) is 0.961. The third-order valence-corrected chi connectivity index (χ3v) is 5.18. The Kier molecular flexibility index (Phi) is 5.71. The molecule has 1 fully saturated rings. The highest BCUT2D eigenvalue weighted by molar-refractivity contribution is 7.99. The maximum absolute atomic E-state index is 12.6. The van der Waals surface area contributed by atoms with E-state index in [1.54, 1.807) is 34.8 Å². The molecule has 1 aromatic carbocycles. The van der Waals surface area contributed by atoms with Gasteiger partial charge in [-0.15, -0.1) is 0 Å². The zero-order valence-corrected chi connectivity index (χ0v) is 15.5. The molecular formula is C18H19ClN2O3S. The van der Waals surface area contributed by atoms with Crippen molar-refractivity contribution in [3.05, 3.63) is 63.0 Å². The standard InChI is InChI=1S/C18H19ClN2O3S/c1-20-11-17(24-12-13-3-2-4-14(19)9-13)16(22)10-15(20)18(23)21-5-7-25-8-6-21/h2-4,9-11H,5-8,12H2,1H3. The van der Waals surface area contributed by atoms with Gasteiger partial charge < -0.3 is 14.2 Å². The normalized spacial score (nSPS) is 14.4. The molecule has 2 heterocycles. The highest BCUT2D eigenvalue weighted by atomic mass is 35.5. The van der Waals surface area contributed by atoms with Crippen LogP contribution in [0.1, 0.15) is 16.1 Å². The number of ether oxygens (including phenoxy) is 1. The van der Waals surface area contributed by atoms with Crippen LogP contribution in [0.4, 0.5) is 0 Å². The van der Waals surface area contributed by atoms with Crippen LogP contribution in [0.25, 0.3) is 0 Å². The van der Waals surface area contributed by atoms with Crippen molar-refractivity contribution in [2.24, 2.45) is 7.05 Å². The summed E-state index contributed by atoms with van der Waals surface area (Å²) in [6, 6.07) is 8.64. The van der Waals surface area contributed by atoms with Crippen molar-refractivity contribution in [3.63, 3.8) is 0 Å². The van der Waals surface area contributed by atoms with Crippen molar-refractivity contribution >= 4 is 29.3 Å². The second-order valence-electron chi connectivity index (χ2n) is 5.82. The molecule has 0 spiro atoms. The number of halogens is 1. The lowest BCUT2D eigenvalue weighted by atomic mass is 10.2.